The van der Waals surface area contributed by atoms with E-state index in [2.05, 4.69) is 21.5 Å². The summed E-state index contributed by atoms with van der Waals surface area (Å²) in [6.45, 7) is 0.816. The molecule has 0 radical (unpaired) electrons. The van der Waals surface area contributed by atoms with E-state index in [-0.39, 0.29) is 28.9 Å². The number of nitriles is 2. The summed E-state index contributed by atoms with van der Waals surface area (Å²) in [5, 5.41) is 26.1. The number of aromatic amines is 1. The Labute approximate surface area is 158 Å². The van der Waals surface area contributed by atoms with Gasteiger partial charge in [-0.1, -0.05) is 0 Å². The Bertz CT molecular complexity index is 1190. The maximum absolute atomic E-state index is 13.9. The number of anilines is 2. The molecule has 9 heteroatoms. The Morgan fingerprint density at radius 1 is 1.36 bits per heavy atom. The van der Waals surface area contributed by atoms with Crippen LogP contribution in [0.2, 0.25) is 0 Å². The highest BCUT2D eigenvalue weighted by Gasteiger charge is 2.30. The van der Waals surface area contributed by atoms with E-state index in [4.69, 9.17) is 10.00 Å². The van der Waals surface area contributed by atoms with Gasteiger partial charge in [-0.05, 0) is 30.7 Å². The van der Waals surface area contributed by atoms with Crippen molar-refractivity contribution in [2.75, 3.05) is 18.5 Å². The van der Waals surface area contributed by atoms with Crippen LogP contribution in [0, 0.1) is 34.4 Å². The third-order valence-corrected chi connectivity index (χ3v) is 4.79. The Kier molecular flexibility index (Phi) is 4.52. The van der Waals surface area contributed by atoms with Crippen LogP contribution in [0.25, 0.3) is 10.9 Å². The monoisotopic (exact) mass is 378 g/mol. The number of nitrogens with one attached hydrogen (secondary N) is 2. The van der Waals surface area contributed by atoms with Crippen molar-refractivity contribution in [3.63, 3.8) is 0 Å². The van der Waals surface area contributed by atoms with Gasteiger partial charge in [0.15, 0.2) is 5.82 Å². The number of halogens is 1. The molecule has 3 aromatic rings. The minimum absolute atomic E-state index is 0.0741. The van der Waals surface area contributed by atoms with Crippen LogP contribution in [0.4, 0.5) is 15.9 Å². The molecule has 0 saturated carbocycles. The van der Waals surface area contributed by atoms with Gasteiger partial charge in [-0.15, -0.1) is 0 Å². The van der Waals surface area contributed by atoms with Crippen molar-refractivity contribution in [2.45, 2.75) is 12.5 Å². The number of pyridine rings is 1. The molecule has 1 aliphatic rings. The molecule has 2 aromatic heterocycles. The summed E-state index contributed by atoms with van der Waals surface area (Å²) in [6, 6.07) is 9.46. The van der Waals surface area contributed by atoms with E-state index in [1.54, 1.807) is 16.8 Å². The van der Waals surface area contributed by atoms with Gasteiger partial charge in [0.1, 0.15) is 17.3 Å². The van der Waals surface area contributed by atoms with Crippen LogP contribution in [0.3, 0.4) is 0 Å². The first-order valence-corrected chi connectivity index (χ1v) is 8.66. The van der Waals surface area contributed by atoms with Crippen LogP contribution in [-0.2, 0) is 4.74 Å². The summed E-state index contributed by atoms with van der Waals surface area (Å²) in [7, 11) is 0. The van der Waals surface area contributed by atoms with Crippen molar-refractivity contribution in [3.8, 4) is 12.1 Å². The minimum Gasteiger partial charge on any atom is -0.379 e. The maximum Gasteiger partial charge on any atom is 0.261 e. The Balaban J connectivity index is 1.81. The molecule has 140 valence electrons. The summed E-state index contributed by atoms with van der Waals surface area (Å²) in [6.07, 6.45) is 2.09. The molecule has 4 rings (SSSR count). The molecule has 2 N–H and O–H groups in total. The van der Waals surface area contributed by atoms with Crippen LogP contribution in [-0.4, -0.2) is 28.0 Å². The van der Waals surface area contributed by atoms with Gasteiger partial charge in [-0.25, -0.2) is 4.39 Å². The summed E-state index contributed by atoms with van der Waals surface area (Å²) in [5.41, 5.74) is 0.472. The zero-order valence-corrected chi connectivity index (χ0v) is 14.6. The van der Waals surface area contributed by atoms with Crippen molar-refractivity contribution in [1.29, 1.82) is 10.5 Å². The fraction of sp³-hybridized carbons (Fsp3) is 0.263. The highest BCUT2D eigenvalue weighted by Crippen LogP contribution is 2.31. The molecule has 1 aromatic carbocycles. The molecule has 2 atom stereocenters. The second kappa shape index (κ2) is 7.14. The van der Waals surface area contributed by atoms with Gasteiger partial charge in [-0.3, -0.25) is 9.48 Å². The second-order valence-electron chi connectivity index (χ2n) is 6.46. The van der Waals surface area contributed by atoms with E-state index in [1.807, 2.05) is 0 Å². The van der Waals surface area contributed by atoms with Gasteiger partial charge >= 0.3 is 0 Å². The molecule has 1 saturated heterocycles. The molecular weight excluding hydrogens is 363 g/mol. The van der Waals surface area contributed by atoms with Gasteiger partial charge in [0.05, 0.1) is 35.7 Å². The van der Waals surface area contributed by atoms with Gasteiger partial charge in [0.25, 0.3) is 5.56 Å². The van der Waals surface area contributed by atoms with E-state index in [0.29, 0.717) is 36.2 Å². The molecule has 0 aliphatic carbocycles. The number of H-pyrrole nitrogens is 1. The van der Waals surface area contributed by atoms with Crippen molar-refractivity contribution in [1.82, 2.24) is 14.8 Å². The molecule has 28 heavy (non-hydrogen) atoms. The molecular formula is C19H15FN6O2. The van der Waals surface area contributed by atoms with Gasteiger partial charge in [0, 0.05) is 18.5 Å². The van der Waals surface area contributed by atoms with Crippen molar-refractivity contribution >= 4 is 22.4 Å². The quantitative estimate of drug-likeness (QED) is 0.723. The first-order chi connectivity index (χ1) is 13.6. The van der Waals surface area contributed by atoms with E-state index in [0.717, 1.165) is 0 Å². The second-order valence-corrected chi connectivity index (χ2v) is 6.46. The number of ether oxygens (including phenoxy) is 1. The number of rotatable bonds is 3. The van der Waals surface area contributed by atoms with Crippen molar-refractivity contribution in [2.24, 2.45) is 5.92 Å². The third-order valence-electron chi connectivity index (χ3n) is 4.79. The number of hydrogen-bond donors (Lipinski definition) is 2. The first-order valence-electron chi connectivity index (χ1n) is 8.66. The largest absolute Gasteiger partial charge is 0.379 e. The van der Waals surface area contributed by atoms with Gasteiger partial charge in [0.2, 0.25) is 0 Å². The third kappa shape index (κ3) is 2.98. The van der Waals surface area contributed by atoms with Crippen molar-refractivity contribution in [3.05, 3.63) is 52.2 Å². The first kappa shape index (κ1) is 17.7. The van der Waals surface area contributed by atoms with E-state index in [1.165, 1.54) is 24.4 Å². The molecule has 8 nitrogen and oxygen atoms in total. The Hall–Kier alpha value is -3.69. The minimum atomic E-state index is -0.671. The van der Waals surface area contributed by atoms with Gasteiger partial charge < -0.3 is 15.0 Å². The highest BCUT2D eigenvalue weighted by atomic mass is 19.1. The average Bonchev–Trinajstić information content (AvgIpc) is 3.07. The molecule has 0 spiro atoms. The topological polar surface area (TPSA) is 120 Å². The standard InChI is InChI=1S/C19H15FN6O2/c20-14-7-13(2-1-11(14)8-21)24-18-17-15(3-5-23-19(17)27)26(25-18)16-10-28-6-4-12(16)9-22/h1-3,5,7,12,16H,4,6,10H2,(H,23,27)(H,24,25). The summed E-state index contributed by atoms with van der Waals surface area (Å²) < 4.78 is 21.1. The van der Waals surface area contributed by atoms with Crippen molar-refractivity contribution < 1.29 is 9.13 Å². The Morgan fingerprint density at radius 3 is 2.96 bits per heavy atom. The fourth-order valence-corrected chi connectivity index (χ4v) is 3.37. The van der Waals surface area contributed by atoms with Crippen LogP contribution in [0.5, 0.6) is 0 Å². The number of hydrogen-bond acceptors (Lipinski definition) is 6. The lowest BCUT2D eigenvalue weighted by molar-refractivity contribution is 0.0359. The highest BCUT2D eigenvalue weighted by molar-refractivity contribution is 5.91. The molecule has 1 fully saturated rings. The lowest BCUT2D eigenvalue weighted by Gasteiger charge is -2.27. The molecule has 1 aliphatic heterocycles. The lowest BCUT2D eigenvalue weighted by Crippen LogP contribution is -2.30. The predicted octanol–water partition coefficient (Wildman–Crippen LogP) is 2.58. The number of aromatic nitrogens is 3. The lowest BCUT2D eigenvalue weighted by atomic mass is 9.96. The van der Waals surface area contributed by atoms with Crippen LogP contribution in [0.1, 0.15) is 18.0 Å². The Morgan fingerprint density at radius 2 is 2.21 bits per heavy atom. The normalized spacial score (nSPS) is 19.1. The van der Waals surface area contributed by atoms with Crippen LogP contribution >= 0.6 is 0 Å². The van der Waals surface area contributed by atoms with E-state index >= 15 is 0 Å². The SMILES string of the molecule is N#Cc1ccc(Nc2nn(C3COCCC3C#N)c3cc[nH]c(=O)c23)cc1F. The zero-order chi connectivity index (χ0) is 19.7. The maximum atomic E-state index is 13.9. The van der Waals surface area contributed by atoms with E-state index in [9.17, 15) is 14.4 Å². The summed E-state index contributed by atoms with van der Waals surface area (Å²) >= 11 is 0. The van der Waals surface area contributed by atoms with Crippen LogP contribution < -0.4 is 10.9 Å². The van der Waals surface area contributed by atoms with E-state index < -0.39 is 5.82 Å². The number of benzene rings is 1. The average molecular weight is 378 g/mol. The summed E-state index contributed by atoms with van der Waals surface area (Å²) in [4.78, 5) is 15.1. The van der Waals surface area contributed by atoms with Crippen LogP contribution in [0.15, 0.2) is 35.3 Å². The smallest absolute Gasteiger partial charge is 0.261 e. The molecule has 0 amide bonds. The predicted molar refractivity (Wildman–Crippen MR) is 98.3 cm³/mol. The molecule has 2 unspecified atom stereocenters. The molecule has 0 bridgehead atoms. The number of nitrogens with zero attached hydrogens (tertiary/aromatic N) is 4. The fourth-order valence-electron chi connectivity index (χ4n) is 3.37. The summed E-state index contributed by atoms with van der Waals surface area (Å²) in [5.74, 6) is -0.727. The number of fused-ring (bicyclic) bond motifs is 1. The molecule has 3 heterocycles. The van der Waals surface area contributed by atoms with Gasteiger partial charge in [-0.2, -0.15) is 15.6 Å². The zero-order valence-electron chi connectivity index (χ0n) is 14.6.